The molecule has 1 N–H and O–H groups in total. The lowest BCUT2D eigenvalue weighted by Gasteiger charge is -2.17. The number of nitrogens with one attached hydrogen (secondary N) is 1. The lowest BCUT2D eigenvalue weighted by atomic mass is 10.1. The number of carbonyl (C=O) groups is 1. The maximum absolute atomic E-state index is 13.6. The molecule has 0 aliphatic rings. The van der Waals surface area contributed by atoms with Gasteiger partial charge in [-0.2, -0.15) is 0 Å². The van der Waals surface area contributed by atoms with E-state index in [1.54, 1.807) is 7.05 Å². The Kier molecular flexibility index (Phi) is 5.68. The Morgan fingerprint density at radius 2 is 1.94 bits per heavy atom. The molecule has 100 valence electrons. The highest BCUT2D eigenvalue weighted by atomic mass is 79.9. The third kappa shape index (κ3) is 3.74. The van der Waals surface area contributed by atoms with Crippen LogP contribution in [0.2, 0.25) is 0 Å². The van der Waals surface area contributed by atoms with Crippen LogP contribution in [-0.4, -0.2) is 38.0 Å². The average molecular weight is 321 g/mol. The summed E-state index contributed by atoms with van der Waals surface area (Å²) in [4.78, 5) is 13.2. The number of carbonyl (C=O) groups excluding carboxylic acids is 1. The molecule has 0 saturated heterocycles. The molecule has 0 heterocycles. The molecule has 1 aromatic carbocycles. The maximum atomic E-state index is 13.6. The predicted molar refractivity (Wildman–Crippen MR) is 69.6 cm³/mol. The van der Waals surface area contributed by atoms with Crippen LogP contribution in [-0.2, 0) is 0 Å². The zero-order valence-electron chi connectivity index (χ0n) is 10.3. The second-order valence-corrected chi connectivity index (χ2v) is 4.84. The monoisotopic (exact) mass is 320 g/mol. The van der Waals surface area contributed by atoms with Gasteiger partial charge in [-0.1, -0.05) is 15.9 Å². The molecule has 1 aromatic rings. The van der Waals surface area contributed by atoms with Gasteiger partial charge in [0, 0.05) is 18.1 Å². The van der Waals surface area contributed by atoms with E-state index < -0.39 is 23.1 Å². The minimum absolute atomic E-state index is 0.270. The Balaban J connectivity index is 2.83. The van der Waals surface area contributed by atoms with Gasteiger partial charge >= 0.3 is 0 Å². The first-order valence-corrected chi connectivity index (χ1v) is 6.31. The van der Waals surface area contributed by atoms with Crippen LogP contribution in [0.4, 0.5) is 8.78 Å². The Bertz CT molecular complexity index is 417. The van der Waals surface area contributed by atoms with Crippen LogP contribution in [0.25, 0.3) is 0 Å². The summed E-state index contributed by atoms with van der Waals surface area (Å²) in [5.74, 6) is -2.35. The Morgan fingerprint density at radius 3 is 2.44 bits per heavy atom. The predicted octanol–water partition coefficient (Wildman–Crippen LogP) is 2.41. The molecule has 0 aliphatic carbocycles. The van der Waals surface area contributed by atoms with Crippen molar-refractivity contribution < 1.29 is 13.6 Å². The quantitative estimate of drug-likeness (QED) is 0.845. The van der Waals surface area contributed by atoms with Crippen molar-refractivity contribution in [1.82, 2.24) is 10.2 Å². The van der Waals surface area contributed by atoms with Gasteiger partial charge in [0.1, 0.15) is 17.2 Å². The third-order valence-corrected chi connectivity index (χ3v) is 2.95. The molecule has 1 rings (SSSR count). The van der Waals surface area contributed by atoms with Crippen LogP contribution in [0.5, 0.6) is 0 Å². The third-order valence-electron chi connectivity index (χ3n) is 2.49. The second-order valence-electron chi connectivity index (χ2n) is 3.93. The highest BCUT2D eigenvalue weighted by Gasteiger charge is 2.21. The number of rotatable bonds is 5. The van der Waals surface area contributed by atoms with Crippen molar-refractivity contribution in [2.24, 2.45) is 0 Å². The van der Waals surface area contributed by atoms with Crippen LogP contribution in [0.3, 0.4) is 0 Å². The molecular formula is C12H15BrF2N2O. The van der Waals surface area contributed by atoms with Crippen LogP contribution >= 0.6 is 15.9 Å². The zero-order chi connectivity index (χ0) is 13.7. The van der Waals surface area contributed by atoms with Crippen molar-refractivity contribution in [2.75, 3.05) is 27.2 Å². The Morgan fingerprint density at radius 1 is 1.39 bits per heavy atom. The normalized spacial score (nSPS) is 10.5. The average Bonchev–Trinajstić information content (AvgIpc) is 2.27. The number of hydrogen-bond acceptors (Lipinski definition) is 2. The molecule has 0 saturated carbocycles. The first kappa shape index (κ1) is 15.0. The van der Waals surface area contributed by atoms with Crippen molar-refractivity contribution in [3.63, 3.8) is 0 Å². The first-order valence-electron chi connectivity index (χ1n) is 5.52. The molecule has 18 heavy (non-hydrogen) atoms. The van der Waals surface area contributed by atoms with E-state index in [9.17, 15) is 13.6 Å². The lowest BCUT2D eigenvalue weighted by molar-refractivity contribution is 0.0784. The molecule has 1 amide bonds. The Hall–Kier alpha value is -1.01. The van der Waals surface area contributed by atoms with Gasteiger partial charge in [0.25, 0.3) is 5.91 Å². The lowest BCUT2D eigenvalue weighted by Crippen LogP contribution is -2.30. The van der Waals surface area contributed by atoms with E-state index in [0.717, 1.165) is 25.1 Å². The van der Waals surface area contributed by atoms with E-state index in [1.807, 2.05) is 0 Å². The van der Waals surface area contributed by atoms with Crippen molar-refractivity contribution in [2.45, 2.75) is 6.42 Å². The van der Waals surface area contributed by atoms with Crippen molar-refractivity contribution in [3.8, 4) is 0 Å². The van der Waals surface area contributed by atoms with Gasteiger partial charge in [0.05, 0.1) is 0 Å². The van der Waals surface area contributed by atoms with E-state index in [4.69, 9.17) is 0 Å². The van der Waals surface area contributed by atoms with Gasteiger partial charge in [-0.25, -0.2) is 8.78 Å². The van der Waals surface area contributed by atoms with Crippen LogP contribution in [0.15, 0.2) is 16.6 Å². The summed E-state index contributed by atoms with van der Waals surface area (Å²) in [6, 6.07) is 2.16. The van der Waals surface area contributed by atoms with E-state index in [-0.39, 0.29) is 4.47 Å². The molecule has 0 spiro atoms. The minimum Gasteiger partial charge on any atom is -0.341 e. The summed E-state index contributed by atoms with van der Waals surface area (Å²) in [5, 5.41) is 2.94. The second kappa shape index (κ2) is 6.80. The number of amides is 1. The highest BCUT2D eigenvalue weighted by Crippen LogP contribution is 2.20. The van der Waals surface area contributed by atoms with Gasteiger partial charge in [0.15, 0.2) is 0 Å². The Labute approximate surface area is 113 Å². The van der Waals surface area contributed by atoms with Gasteiger partial charge < -0.3 is 10.2 Å². The molecule has 3 nitrogen and oxygen atoms in total. The summed E-state index contributed by atoms with van der Waals surface area (Å²) < 4.78 is 27.4. The SMILES string of the molecule is CNCCCN(C)C(=O)c1c(F)cc(Br)cc1F. The maximum Gasteiger partial charge on any atom is 0.259 e. The summed E-state index contributed by atoms with van der Waals surface area (Å²) in [6.45, 7) is 1.18. The molecular weight excluding hydrogens is 306 g/mol. The summed E-state index contributed by atoms with van der Waals surface area (Å²) in [7, 11) is 3.33. The molecule has 0 unspecified atom stereocenters. The zero-order valence-corrected chi connectivity index (χ0v) is 11.9. The van der Waals surface area contributed by atoms with Crippen LogP contribution in [0.1, 0.15) is 16.8 Å². The molecule has 0 bridgehead atoms. The molecule has 0 atom stereocenters. The van der Waals surface area contributed by atoms with Crippen LogP contribution in [0, 0.1) is 11.6 Å². The fourth-order valence-electron chi connectivity index (χ4n) is 1.53. The van der Waals surface area contributed by atoms with E-state index in [2.05, 4.69) is 21.2 Å². The summed E-state index contributed by atoms with van der Waals surface area (Å²) in [6.07, 6.45) is 0.721. The smallest absolute Gasteiger partial charge is 0.259 e. The number of halogens is 3. The van der Waals surface area contributed by atoms with Gasteiger partial charge in [-0.15, -0.1) is 0 Å². The van der Waals surface area contributed by atoms with Gasteiger partial charge in [0.2, 0.25) is 0 Å². The highest BCUT2D eigenvalue weighted by molar-refractivity contribution is 9.10. The molecule has 0 fully saturated rings. The molecule has 6 heteroatoms. The molecule has 0 aliphatic heterocycles. The molecule has 0 radical (unpaired) electrons. The van der Waals surface area contributed by atoms with Crippen LogP contribution < -0.4 is 5.32 Å². The first-order chi connectivity index (χ1) is 8.47. The fraction of sp³-hybridized carbons (Fsp3) is 0.417. The van der Waals surface area contributed by atoms with Crippen molar-refractivity contribution in [3.05, 3.63) is 33.8 Å². The van der Waals surface area contributed by atoms with Gasteiger partial charge in [-0.3, -0.25) is 4.79 Å². The summed E-state index contributed by atoms with van der Waals surface area (Å²) in [5.41, 5.74) is -0.509. The fourth-order valence-corrected chi connectivity index (χ4v) is 1.93. The number of benzene rings is 1. The standard InChI is InChI=1S/C12H15BrF2N2O/c1-16-4-3-5-17(2)12(18)11-9(14)6-8(13)7-10(11)15/h6-7,16H,3-5H2,1-2H3. The number of nitrogens with zero attached hydrogens (tertiary/aromatic N) is 1. The topological polar surface area (TPSA) is 32.3 Å². The largest absolute Gasteiger partial charge is 0.341 e. The van der Waals surface area contributed by atoms with E-state index >= 15 is 0 Å². The van der Waals surface area contributed by atoms with Crippen molar-refractivity contribution >= 4 is 21.8 Å². The van der Waals surface area contributed by atoms with Crippen molar-refractivity contribution in [1.29, 1.82) is 0 Å². The van der Waals surface area contributed by atoms with E-state index in [0.29, 0.717) is 6.54 Å². The summed E-state index contributed by atoms with van der Waals surface area (Å²) >= 11 is 2.97. The van der Waals surface area contributed by atoms with E-state index in [1.165, 1.54) is 11.9 Å². The minimum atomic E-state index is -0.854. The van der Waals surface area contributed by atoms with Gasteiger partial charge in [-0.05, 0) is 32.1 Å². The number of hydrogen-bond donors (Lipinski definition) is 1. The molecule has 0 aromatic heterocycles.